The van der Waals surface area contributed by atoms with E-state index in [4.69, 9.17) is 0 Å². The van der Waals surface area contributed by atoms with Crippen molar-refractivity contribution < 1.29 is 14.3 Å². The molecule has 3 rings (SSSR count). The molecule has 2 N–H and O–H groups in total. The zero-order chi connectivity index (χ0) is 16.1. The fraction of sp³-hybridized carbons (Fsp3) is 0.278. The van der Waals surface area contributed by atoms with Gasteiger partial charge in [0.05, 0.1) is 11.1 Å². The molecular weight excluding hydrogens is 281 g/mol. The number of benzene rings is 2. The number of hydrogen-bond donors (Lipinski definition) is 2. The molecule has 4 heteroatoms. The van der Waals surface area contributed by atoms with E-state index in [2.05, 4.69) is 5.32 Å². The lowest BCUT2D eigenvalue weighted by Crippen LogP contribution is -2.26. The number of carbonyl (C=O) groups is 1. The summed E-state index contributed by atoms with van der Waals surface area (Å²) < 4.78 is 14.3. The van der Waals surface area contributed by atoms with E-state index in [9.17, 15) is 14.3 Å². The summed E-state index contributed by atoms with van der Waals surface area (Å²) in [5.41, 5.74) is 2.23. The van der Waals surface area contributed by atoms with Crippen LogP contribution in [0.25, 0.3) is 0 Å². The summed E-state index contributed by atoms with van der Waals surface area (Å²) in [4.78, 5) is 12.0. The van der Waals surface area contributed by atoms with E-state index in [0.717, 1.165) is 5.56 Å². The first-order chi connectivity index (χ1) is 10.3. The Morgan fingerprint density at radius 1 is 1.14 bits per heavy atom. The van der Waals surface area contributed by atoms with E-state index < -0.39 is 17.3 Å². The number of rotatable bonds is 2. The minimum atomic E-state index is -0.924. The number of carbonyl (C=O) groups excluding carboxylic acids is 1. The third-order valence-corrected chi connectivity index (χ3v) is 4.30. The molecule has 0 aromatic heterocycles. The molecule has 0 spiro atoms. The van der Waals surface area contributed by atoms with Crippen molar-refractivity contribution >= 4 is 11.6 Å². The fourth-order valence-corrected chi connectivity index (χ4v) is 2.74. The molecular formula is C18H18FNO2. The zero-order valence-corrected chi connectivity index (χ0v) is 12.8. The maximum Gasteiger partial charge on any atom is 0.234 e. The molecule has 0 bridgehead atoms. The maximum absolute atomic E-state index is 14.3. The van der Waals surface area contributed by atoms with Gasteiger partial charge in [-0.15, -0.1) is 0 Å². The predicted octanol–water partition coefficient (Wildman–Crippen LogP) is 3.45. The van der Waals surface area contributed by atoms with Crippen molar-refractivity contribution in [3.8, 4) is 0 Å². The van der Waals surface area contributed by atoms with Crippen molar-refractivity contribution in [3.05, 3.63) is 64.5 Å². The highest BCUT2D eigenvalue weighted by Gasteiger charge is 2.40. The average Bonchev–Trinajstić information content (AvgIpc) is 2.71. The van der Waals surface area contributed by atoms with E-state index >= 15 is 0 Å². The Kier molecular flexibility index (Phi) is 3.29. The molecule has 22 heavy (non-hydrogen) atoms. The molecule has 2 aromatic rings. The van der Waals surface area contributed by atoms with Crippen LogP contribution in [0.3, 0.4) is 0 Å². The standard InChI is InChI=1S/C18H18FNO2/c1-10-4-6-11(7-5-10)16(21)12-8-13-15(14(19)9-12)20-17(22)18(13,2)3/h4-9,16,21H,1-3H3,(H,20,22). The number of anilines is 1. The molecule has 114 valence electrons. The van der Waals surface area contributed by atoms with Crippen LogP contribution in [0.15, 0.2) is 36.4 Å². The molecule has 1 heterocycles. The summed E-state index contributed by atoms with van der Waals surface area (Å²) in [5.74, 6) is -0.749. The summed E-state index contributed by atoms with van der Waals surface area (Å²) >= 11 is 0. The highest BCUT2D eigenvalue weighted by atomic mass is 19.1. The minimum absolute atomic E-state index is 0.217. The number of aliphatic hydroxyl groups excluding tert-OH is 1. The third-order valence-electron chi connectivity index (χ3n) is 4.30. The molecule has 2 aromatic carbocycles. The van der Waals surface area contributed by atoms with Gasteiger partial charge < -0.3 is 10.4 Å². The monoisotopic (exact) mass is 299 g/mol. The summed E-state index contributed by atoms with van der Waals surface area (Å²) in [6, 6.07) is 10.4. The van der Waals surface area contributed by atoms with Crippen molar-refractivity contribution in [2.45, 2.75) is 32.3 Å². The maximum atomic E-state index is 14.3. The number of halogens is 1. The van der Waals surface area contributed by atoms with E-state index in [0.29, 0.717) is 16.7 Å². The molecule has 0 radical (unpaired) electrons. The molecule has 1 unspecified atom stereocenters. The van der Waals surface area contributed by atoms with E-state index in [-0.39, 0.29) is 11.6 Å². The first-order valence-corrected chi connectivity index (χ1v) is 7.20. The lowest BCUT2D eigenvalue weighted by molar-refractivity contribution is -0.119. The van der Waals surface area contributed by atoms with Crippen molar-refractivity contribution in [3.63, 3.8) is 0 Å². The molecule has 1 aliphatic heterocycles. The van der Waals surface area contributed by atoms with Gasteiger partial charge in [-0.05, 0) is 49.6 Å². The van der Waals surface area contributed by atoms with E-state index in [1.165, 1.54) is 6.07 Å². The van der Waals surface area contributed by atoms with Crippen molar-refractivity contribution in [2.75, 3.05) is 5.32 Å². The lowest BCUT2D eigenvalue weighted by Gasteiger charge is -2.18. The van der Waals surface area contributed by atoms with Crippen molar-refractivity contribution in [2.24, 2.45) is 0 Å². The Balaban J connectivity index is 2.07. The van der Waals surface area contributed by atoms with Gasteiger partial charge in [-0.25, -0.2) is 4.39 Å². The Morgan fingerprint density at radius 2 is 1.77 bits per heavy atom. The van der Waals surface area contributed by atoms with E-state index in [1.807, 2.05) is 31.2 Å². The first kappa shape index (κ1) is 14.7. The van der Waals surface area contributed by atoms with Crippen LogP contribution in [0.4, 0.5) is 10.1 Å². The highest BCUT2D eigenvalue weighted by Crippen LogP contribution is 2.41. The van der Waals surface area contributed by atoms with Crippen LogP contribution in [-0.2, 0) is 10.2 Å². The summed E-state index contributed by atoms with van der Waals surface area (Å²) in [5, 5.41) is 13.1. The molecule has 0 aliphatic carbocycles. The van der Waals surface area contributed by atoms with Gasteiger partial charge in [0.15, 0.2) is 0 Å². The SMILES string of the molecule is Cc1ccc(C(O)c2cc(F)c3c(c2)C(C)(C)C(=O)N3)cc1. The van der Waals surface area contributed by atoms with Crippen LogP contribution < -0.4 is 5.32 Å². The first-order valence-electron chi connectivity index (χ1n) is 7.20. The second kappa shape index (κ2) is 4.92. The highest BCUT2D eigenvalue weighted by molar-refractivity contribution is 6.05. The van der Waals surface area contributed by atoms with Crippen LogP contribution in [0.5, 0.6) is 0 Å². The Bertz CT molecular complexity index is 750. The molecule has 1 aliphatic rings. The van der Waals surface area contributed by atoms with Crippen LogP contribution in [0.2, 0.25) is 0 Å². The van der Waals surface area contributed by atoms with E-state index in [1.54, 1.807) is 19.9 Å². The van der Waals surface area contributed by atoms with Crippen LogP contribution in [0, 0.1) is 12.7 Å². The Morgan fingerprint density at radius 3 is 2.41 bits per heavy atom. The largest absolute Gasteiger partial charge is 0.384 e. The lowest BCUT2D eigenvalue weighted by atomic mass is 9.84. The normalized spacial score (nSPS) is 17.0. The number of amides is 1. The van der Waals surface area contributed by atoms with Gasteiger partial charge in [0.1, 0.15) is 11.9 Å². The number of nitrogens with one attached hydrogen (secondary N) is 1. The van der Waals surface area contributed by atoms with Gasteiger partial charge in [0.2, 0.25) is 5.91 Å². The zero-order valence-electron chi connectivity index (χ0n) is 12.8. The van der Waals surface area contributed by atoms with Gasteiger partial charge in [0, 0.05) is 0 Å². The Labute approximate surface area is 128 Å². The van der Waals surface area contributed by atoms with Gasteiger partial charge in [0.25, 0.3) is 0 Å². The second-order valence-electron chi connectivity index (χ2n) is 6.32. The van der Waals surface area contributed by atoms with Crippen LogP contribution in [-0.4, -0.2) is 11.0 Å². The van der Waals surface area contributed by atoms with Gasteiger partial charge in [-0.3, -0.25) is 4.79 Å². The minimum Gasteiger partial charge on any atom is -0.384 e. The molecule has 3 nitrogen and oxygen atoms in total. The number of hydrogen-bond acceptors (Lipinski definition) is 2. The second-order valence-corrected chi connectivity index (χ2v) is 6.32. The smallest absolute Gasteiger partial charge is 0.234 e. The average molecular weight is 299 g/mol. The molecule has 0 fully saturated rings. The fourth-order valence-electron chi connectivity index (χ4n) is 2.74. The van der Waals surface area contributed by atoms with Gasteiger partial charge >= 0.3 is 0 Å². The number of fused-ring (bicyclic) bond motifs is 1. The molecule has 0 saturated heterocycles. The molecule has 1 atom stereocenters. The summed E-state index contributed by atoms with van der Waals surface area (Å²) in [6.45, 7) is 5.45. The quantitative estimate of drug-likeness (QED) is 0.892. The molecule has 1 amide bonds. The summed E-state index contributed by atoms with van der Waals surface area (Å²) in [6.07, 6.45) is -0.924. The third kappa shape index (κ3) is 2.20. The number of aliphatic hydroxyl groups is 1. The Hall–Kier alpha value is -2.20. The number of aryl methyl sites for hydroxylation is 1. The van der Waals surface area contributed by atoms with Crippen LogP contribution >= 0.6 is 0 Å². The molecule has 0 saturated carbocycles. The van der Waals surface area contributed by atoms with Crippen LogP contribution in [0.1, 0.15) is 42.2 Å². The van der Waals surface area contributed by atoms with Crippen molar-refractivity contribution in [1.29, 1.82) is 0 Å². The van der Waals surface area contributed by atoms with Crippen molar-refractivity contribution in [1.82, 2.24) is 0 Å². The summed E-state index contributed by atoms with van der Waals surface area (Å²) in [7, 11) is 0. The topological polar surface area (TPSA) is 49.3 Å². The predicted molar refractivity (Wildman–Crippen MR) is 83.3 cm³/mol. The van der Waals surface area contributed by atoms with Gasteiger partial charge in [-0.1, -0.05) is 29.8 Å². The van der Waals surface area contributed by atoms with Gasteiger partial charge in [-0.2, -0.15) is 0 Å².